The SMILES string of the molecule is Cc1cc(C)cc(OCn2ccc(C(=O)Nc3cnn(COCC(F)(F)F)c3)n2)c1. The lowest BCUT2D eigenvalue weighted by atomic mass is 10.1. The van der Waals surface area contributed by atoms with Crippen LogP contribution in [0.25, 0.3) is 0 Å². The number of amides is 1. The second-order valence-corrected chi connectivity index (χ2v) is 6.65. The lowest BCUT2D eigenvalue weighted by Gasteiger charge is -2.08. The Balaban J connectivity index is 1.51. The van der Waals surface area contributed by atoms with Crippen LogP contribution >= 0.6 is 0 Å². The number of hydrogen-bond donors (Lipinski definition) is 1. The smallest absolute Gasteiger partial charge is 0.411 e. The molecule has 3 rings (SSSR count). The molecular weight excluding hydrogens is 403 g/mol. The predicted molar refractivity (Wildman–Crippen MR) is 101 cm³/mol. The number of carbonyl (C=O) groups excluding carboxylic acids is 1. The van der Waals surface area contributed by atoms with Crippen LogP contribution in [0.3, 0.4) is 0 Å². The standard InChI is InChI=1S/C19H20F3N5O3/c1-13-5-14(2)7-16(6-13)30-12-26-4-3-17(25-26)18(28)24-15-8-23-27(9-15)11-29-10-19(20,21)22/h3-9H,10-12H2,1-2H3,(H,24,28). The van der Waals surface area contributed by atoms with Gasteiger partial charge < -0.3 is 14.8 Å². The summed E-state index contributed by atoms with van der Waals surface area (Å²) in [7, 11) is 0. The zero-order valence-corrected chi connectivity index (χ0v) is 16.3. The number of halogens is 3. The average Bonchev–Trinajstić information content (AvgIpc) is 3.28. The summed E-state index contributed by atoms with van der Waals surface area (Å²) in [5.74, 6) is 0.213. The maximum Gasteiger partial charge on any atom is 0.411 e. The van der Waals surface area contributed by atoms with E-state index in [2.05, 4.69) is 20.3 Å². The van der Waals surface area contributed by atoms with Crippen molar-refractivity contribution in [1.29, 1.82) is 0 Å². The van der Waals surface area contributed by atoms with Crippen molar-refractivity contribution in [3.05, 3.63) is 59.7 Å². The van der Waals surface area contributed by atoms with E-state index in [0.717, 1.165) is 15.8 Å². The summed E-state index contributed by atoms with van der Waals surface area (Å²) in [4.78, 5) is 12.3. The van der Waals surface area contributed by atoms with Crippen LogP contribution in [0, 0.1) is 13.8 Å². The Bertz CT molecular complexity index is 993. The molecule has 0 aliphatic heterocycles. The molecule has 0 unspecified atom stereocenters. The summed E-state index contributed by atoms with van der Waals surface area (Å²) in [6.07, 6.45) is -0.152. The van der Waals surface area contributed by atoms with Crippen molar-refractivity contribution in [2.24, 2.45) is 0 Å². The highest BCUT2D eigenvalue weighted by Crippen LogP contribution is 2.17. The third-order valence-electron chi connectivity index (χ3n) is 3.81. The van der Waals surface area contributed by atoms with E-state index in [1.165, 1.54) is 23.1 Å². The Morgan fingerprint density at radius 1 is 1.13 bits per heavy atom. The Morgan fingerprint density at radius 2 is 1.87 bits per heavy atom. The molecule has 3 aromatic rings. The van der Waals surface area contributed by atoms with Crippen molar-refractivity contribution >= 4 is 11.6 Å². The number of ether oxygens (including phenoxy) is 2. The van der Waals surface area contributed by atoms with E-state index < -0.39 is 18.7 Å². The Morgan fingerprint density at radius 3 is 2.57 bits per heavy atom. The fourth-order valence-electron chi connectivity index (χ4n) is 2.66. The van der Waals surface area contributed by atoms with Gasteiger partial charge in [-0.25, -0.2) is 9.36 Å². The quantitative estimate of drug-likeness (QED) is 0.600. The van der Waals surface area contributed by atoms with Crippen LogP contribution < -0.4 is 10.1 Å². The lowest BCUT2D eigenvalue weighted by Crippen LogP contribution is -2.18. The Hall–Kier alpha value is -3.34. The molecule has 0 fully saturated rings. The number of aromatic nitrogens is 4. The molecule has 11 heteroatoms. The monoisotopic (exact) mass is 423 g/mol. The molecule has 0 aliphatic rings. The molecule has 0 saturated carbocycles. The topological polar surface area (TPSA) is 83.2 Å². The van der Waals surface area contributed by atoms with Gasteiger partial charge in [0, 0.05) is 6.20 Å². The minimum atomic E-state index is -4.41. The molecule has 0 radical (unpaired) electrons. The number of alkyl halides is 3. The van der Waals surface area contributed by atoms with E-state index in [1.54, 1.807) is 6.20 Å². The third kappa shape index (κ3) is 6.34. The van der Waals surface area contributed by atoms with E-state index in [0.29, 0.717) is 11.4 Å². The van der Waals surface area contributed by atoms with Crippen molar-refractivity contribution < 1.29 is 27.4 Å². The number of hydrogen-bond acceptors (Lipinski definition) is 5. The average molecular weight is 423 g/mol. The van der Waals surface area contributed by atoms with Gasteiger partial charge in [-0.15, -0.1) is 0 Å². The highest BCUT2D eigenvalue weighted by atomic mass is 19.4. The molecule has 1 N–H and O–H groups in total. The van der Waals surface area contributed by atoms with Gasteiger partial charge in [0.25, 0.3) is 5.91 Å². The van der Waals surface area contributed by atoms with Crippen molar-refractivity contribution in [3.8, 4) is 5.75 Å². The molecule has 30 heavy (non-hydrogen) atoms. The highest BCUT2D eigenvalue weighted by molar-refractivity contribution is 6.02. The van der Waals surface area contributed by atoms with Crippen LogP contribution in [0.4, 0.5) is 18.9 Å². The zero-order valence-electron chi connectivity index (χ0n) is 16.3. The van der Waals surface area contributed by atoms with Gasteiger partial charge in [0.1, 0.15) is 19.1 Å². The molecule has 1 aromatic carbocycles. The summed E-state index contributed by atoms with van der Waals surface area (Å²) in [6, 6.07) is 7.37. The molecule has 1 amide bonds. The second kappa shape index (κ2) is 8.99. The largest absolute Gasteiger partial charge is 0.471 e. The summed E-state index contributed by atoms with van der Waals surface area (Å²) in [5.41, 5.74) is 2.61. The van der Waals surface area contributed by atoms with Gasteiger partial charge in [0.15, 0.2) is 12.4 Å². The number of nitrogens with one attached hydrogen (secondary N) is 1. The molecular formula is C19H20F3N5O3. The number of benzene rings is 1. The van der Waals surface area contributed by atoms with E-state index in [-0.39, 0.29) is 19.2 Å². The molecule has 2 heterocycles. The van der Waals surface area contributed by atoms with E-state index in [1.807, 2.05) is 32.0 Å². The molecule has 160 valence electrons. The first kappa shape index (κ1) is 21.4. The normalized spacial score (nSPS) is 11.5. The maximum atomic E-state index is 12.3. The van der Waals surface area contributed by atoms with Crippen molar-refractivity contribution in [2.45, 2.75) is 33.5 Å². The van der Waals surface area contributed by atoms with Gasteiger partial charge in [0.05, 0.1) is 18.1 Å². The minimum Gasteiger partial charge on any atom is -0.471 e. The number of rotatable bonds is 8. The van der Waals surface area contributed by atoms with E-state index >= 15 is 0 Å². The van der Waals surface area contributed by atoms with Gasteiger partial charge in [0.2, 0.25) is 0 Å². The van der Waals surface area contributed by atoms with Crippen molar-refractivity contribution in [2.75, 3.05) is 11.9 Å². The molecule has 0 atom stereocenters. The van der Waals surface area contributed by atoms with Gasteiger partial charge in [-0.05, 0) is 43.2 Å². The lowest BCUT2D eigenvalue weighted by molar-refractivity contribution is -0.182. The van der Waals surface area contributed by atoms with Crippen LogP contribution in [0.5, 0.6) is 5.75 Å². The molecule has 2 aromatic heterocycles. The molecule has 0 bridgehead atoms. The molecule has 0 saturated heterocycles. The van der Waals surface area contributed by atoms with Crippen LogP contribution in [-0.2, 0) is 18.2 Å². The predicted octanol–water partition coefficient (Wildman–Crippen LogP) is 3.52. The summed E-state index contributed by atoms with van der Waals surface area (Å²) in [6.45, 7) is 2.31. The third-order valence-corrected chi connectivity index (χ3v) is 3.81. The first-order valence-electron chi connectivity index (χ1n) is 8.91. The summed E-state index contributed by atoms with van der Waals surface area (Å²) in [5, 5.41) is 10.6. The zero-order chi connectivity index (χ0) is 21.7. The van der Waals surface area contributed by atoms with Crippen LogP contribution in [0.15, 0.2) is 42.9 Å². The van der Waals surface area contributed by atoms with Crippen LogP contribution in [0.1, 0.15) is 21.6 Å². The maximum absolute atomic E-state index is 12.3. The summed E-state index contributed by atoms with van der Waals surface area (Å²) >= 11 is 0. The van der Waals surface area contributed by atoms with Gasteiger partial charge in [-0.3, -0.25) is 4.79 Å². The van der Waals surface area contributed by atoms with E-state index in [4.69, 9.17) is 4.74 Å². The highest BCUT2D eigenvalue weighted by Gasteiger charge is 2.27. The number of aryl methyl sites for hydroxylation is 2. The fraction of sp³-hybridized carbons (Fsp3) is 0.316. The van der Waals surface area contributed by atoms with Crippen molar-refractivity contribution in [3.63, 3.8) is 0 Å². The number of carbonyl (C=O) groups is 1. The van der Waals surface area contributed by atoms with E-state index in [9.17, 15) is 18.0 Å². The van der Waals surface area contributed by atoms with Gasteiger partial charge in [-0.1, -0.05) is 6.07 Å². The van der Waals surface area contributed by atoms with Gasteiger partial charge in [-0.2, -0.15) is 23.4 Å². The van der Waals surface area contributed by atoms with Crippen LogP contribution in [0.2, 0.25) is 0 Å². The number of anilines is 1. The molecule has 0 aliphatic carbocycles. The number of nitrogens with zero attached hydrogens (tertiary/aromatic N) is 4. The Kier molecular flexibility index (Phi) is 6.40. The molecule has 8 nitrogen and oxygen atoms in total. The van der Waals surface area contributed by atoms with Crippen molar-refractivity contribution in [1.82, 2.24) is 19.6 Å². The van der Waals surface area contributed by atoms with Crippen LogP contribution in [-0.4, -0.2) is 38.3 Å². The summed E-state index contributed by atoms with van der Waals surface area (Å²) < 4.78 is 49.1. The second-order valence-electron chi connectivity index (χ2n) is 6.65. The first-order valence-corrected chi connectivity index (χ1v) is 8.91. The van der Waals surface area contributed by atoms with Gasteiger partial charge >= 0.3 is 6.18 Å². The Labute approximate surface area is 170 Å². The molecule has 0 spiro atoms. The first-order chi connectivity index (χ1) is 14.2. The fourth-order valence-corrected chi connectivity index (χ4v) is 2.66. The minimum absolute atomic E-state index is 0.130.